The lowest BCUT2D eigenvalue weighted by atomic mass is 9.99. The molecule has 1 aliphatic rings. The number of unbranched alkanes of at least 4 members (excludes halogenated alkanes) is 1. The quantitative estimate of drug-likeness (QED) is 0.438. The molecule has 21 heavy (non-hydrogen) atoms. The van der Waals surface area contributed by atoms with E-state index in [0.29, 0.717) is 0 Å². The van der Waals surface area contributed by atoms with Gasteiger partial charge in [-0.1, -0.05) is 36.4 Å². The number of carbonyl (C=O) groups is 1. The minimum Gasteiger partial charge on any atom is -0.379 e. The van der Waals surface area contributed by atoms with Crippen LogP contribution < -0.4 is 0 Å². The standard InChI is InChI=1S/C18H25NO2/c1-16(20)18-10-6-5-9-17(18)8-4-2-3-7-11-19-12-14-21-15-13-19/h3,5-7,9-10H,2,4,8,11-15H2,1H3/b7-3+. The first-order chi connectivity index (χ1) is 10.3. The number of nitrogens with zero attached hydrogens (tertiary/aromatic N) is 1. The SMILES string of the molecule is CC(=O)c1ccccc1CCC/C=C/CN1CCOCC1. The number of Topliss-reactive ketones (excluding diaryl/α,β-unsaturated/α-hetero) is 1. The molecule has 1 aliphatic heterocycles. The highest BCUT2D eigenvalue weighted by atomic mass is 16.5. The van der Waals surface area contributed by atoms with E-state index in [1.807, 2.05) is 18.2 Å². The summed E-state index contributed by atoms with van der Waals surface area (Å²) in [7, 11) is 0. The molecule has 0 N–H and O–H groups in total. The maximum Gasteiger partial charge on any atom is 0.160 e. The van der Waals surface area contributed by atoms with Crippen LogP contribution in [0.5, 0.6) is 0 Å². The van der Waals surface area contributed by atoms with Gasteiger partial charge in [-0.15, -0.1) is 0 Å². The van der Waals surface area contributed by atoms with Gasteiger partial charge >= 0.3 is 0 Å². The molecule has 3 heteroatoms. The van der Waals surface area contributed by atoms with Gasteiger partial charge in [0.25, 0.3) is 0 Å². The molecule has 0 bridgehead atoms. The Kier molecular flexibility index (Phi) is 6.64. The summed E-state index contributed by atoms with van der Waals surface area (Å²) in [5.74, 6) is 0.161. The number of allylic oxidation sites excluding steroid dienone is 1. The number of benzene rings is 1. The monoisotopic (exact) mass is 287 g/mol. The van der Waals surface area contributed by atoms with Crippen LogP contribution in [0.1, 0.15) is 35.7 Å². The fourth-order valence-corrected chi connectivity index (χ4v) is 2.62. The summed E-state index contributed by atoms with van der Waals surface area (Å²) in [6, 6.07) is 7.93. The Morgan fingerprint density at radius 3 is 2.76 bits per heavy atom. The van der Waals surface area contributed by atoms with Crippen LogP contribution in [-0.2, 0) is 11.2 Å². The Labute approximate surface area is 127 Å². The maximum absolute atomic E-state index is 11.5. The maximum atomic E-state index is 11.5. The van der Waals surface area contributed by atoms with Crippen LogP contribution >= 0.6 is 0 Å². The topological polar surface area (TPSA) is 29.5 Å². The van der Waals surface area contributed by atoms with Crippen LogP contribution in [-0.4, -0.2) is 43.5 Å². The third-order valence-corrected chi connectivity index (χ3v) is 3.85. The largest absolute Gasteiger partial charge is 0.379 e. The zero-order chi connectivity index (χ0) is 14.9. The summed E-state index contributed by atoms with van der Waals surface area (Å²) in [6.45, 7) is 6.45. The van der Waals surface area contributed by atoms with Crippen molar-refractivity contribution in [2.24, 2.45) is 0 Å². The molecule has 0 atom stereocenters. The Morgan fingerprint density at radius 1 is 1.24 bits per heavy atom. The lowest BCUT2D eigenvalue weighted by Gasteiger charge is -2.25. The van der Waals surface area contributed by atoms with Gasteiger partial charge in [-0.25, -0.2) is 0 Å². The summed E-state index contributed by atoms with van der Waals surface area (Å²) in [6.07, 6.45) is 7.63. The molecule has 0 saturated carbocycles. The number of aryl methyl sites for hydroxylation is 1. The summed E-state index contributed by atoms with van der Waals surface area (Å²) in [5, 5.41) is 0. The van der Waals surface area contributed by atoms with Crippen LogP contribution in [0.4, 0.5) is 0 Å². The lowest BCUT2D eigenvalue weighted by Crippen LogP contribution is -2.36. The highest BCUT2D eigenvalue weighted by Crippen LogP contribution is 2.13. The molecule has 0 radical (unpaired) electrons. The van der Waals surface area contributed by atoms with E-state index in [9.17, 15) is 4.79 Å². The van der Waals surface area contributed by atoms with Gasteiger partial charge in [0, 0.05) is 25.2 Å². The van der Waals surface area contributed by atoms with Crippen molar-refractivity contribution in [3.63, 3.8) is 0 Å². The Morgan fingerprint density at radius 2 is 2.00 bits per heavy atom. The van der Waals surface area contributed by atoms with Crippen LogP contribution in [0.2, 0.25) is 0 Å². The highest BCUT2D eigenvalue weighted by Gasteiger charge is 2.07. The first-order valence-electron chi connectivity index (χ1n) is 7.81. The zero-order valence-electron chi connectivity index (χ0n) is 12.9. The number of hydrogen-bond donors (Lipinski definition) is 0. The van der Waals surface area contributed by atoms with E-state index in [1.165, 1.54) is 5.56 Å². The lowest BCUT2D eigenvalue weighted by molar-refractivity contribution is 0.0434. The molecular formula is C18H25NO2. The molecule has 0 aliphatic carbocycles. The fourth-order valence-electron chi connectivity index (χ4n) is 2.62. The van der Waals surface area contributed by atoms with Gasteiger partial charge in [0.2, 0.25) is 0 Å². The molecule has 0 aromatic heterocycles. The first-order valence-corrected chi connectivity index (χ1v) is 7.81. The molecule has 1 fully saturated rings. The van der Waals surface area contributed by atoms with E-state index in [-0.39, 0.29) is 5.78 Å². The summed E-state index contributed by atoms with van der Waals surface area (Å²) < 4.78 is 5.33. The molecule has 3 nitrogen and oxygen atoms in total. The van der Waals surface area contributed by atoms with Crippen molar-refractivity contribution >= 4 is 5.78 Å². The number of carbonyl (C=O) groups excluding carboxylic acids is 1. The van der Waals surface area contributed by atoms with Crippen molar-refractivity contribution in [2.75, 3.05) is 32.8 Å². The molecule has 0 amide bonds. The summed E-state index contributed by atoms with van der Waals surface area (Å²) >= 11 is 0. The van der Waals surface area contributed by atoms with Gasteiger partial charge in [-0.05, 0) is 31.7 Å². The van der Waals surface area contributed by atoms with Crippen molar-refractivity contribution in [3.05, 3.63) is 47.5 Å². The van der Waals surface area contributed by atoms with Gasteiger partial charge in [-0.3, -0.25) is 9.69 Å². The number of ketones is 1. The molecule has 0 spiro atoms. The van der Waals surface area contributed by atoms with E-state index in [1.54, 1.807) is 6.92 Å². The Bertz CT molecular complexity index is 476. The number of ether oxygens (including phenoxy) is 1. The fraction of sp³-hybridized carbons (Fsp3) is 0.500. The van der Waals surface area contributed by atoms with Crippen LogP contribution in [0.25, 0.3) is 0 Å². The van der Waals surface area contributed by atoms with E-state index in [0.717, 1.165) is 57.7 Å². The predicted octanol–water partition coefficient (Wildman–Crippen LogP) is 3.10. The predicted molar refractivity (Wildman–Crippen MR) is 85.8 cm³/mol. The van der Waals surface area contributed by atoms with E-state index < -0.39 is 0 Å². The average Bonchev–Trinajstić information content (AvgIpc) is 2.52. The van der Waals surface area contributed by atoms with Crippen molar-refractivity contribution in [3.8, 4) is 0 Å². The van der Waals surface area contributed by atoms with E-state index in [4.69, 9.17) is 4.74 Å². The molecule has 114 valence electrons. The molecule has 1 aromatic carbocycles. The van der Waals surface area contributed by atoms with Crippen molar-refractivity contribution in [2.45, 2.75) is 26.2 Å². The smallest absolute Gasteiger partial charge is 0.160 e. The minimum absolute atomic E-state index is 0.161. The second-order valence-corrected chi connectivity index (χ2v) is 5.49. The van der Waals surface area contributed by atoms with Crippen molar-refractivity contribution in [1.29, 1.82) is 0 Å². The van der Waals surface area contributed by atoms with Gasteiger partial charge in [0.1, 0.15) is 0 Å². The van der Waals surface area contributed by atoms with E-state index >= 15 is 0 Å². The third kappa shape index (κ3) is 5.44. The minimum atomic E-state index is 0.161. The number of morpholine rings is 1. The average molecular weight is 287 g/mol. The zero-order valence-corrected chi connectivity index (χ0v) is 12.9. The van der Waals surface area contributed by atoms with Crippen LogP contribution in [0.3, 0.4) is 0 Å². The number of hydrogen-bond acceptors (Lipinski definition) is 3. The summed E-state index contributed by atoms with van der Waals surface area (Å²) in [5.41, 5.74) is 2.04. The molecule has 1 heterocycles. The highest BCUT2D eigenvalue weighted by molar-refractivity contribution is 5.95. The van der Waals surface area contributed by atoms with E-state index in [2.05, 4.69) is 23.1 Å². The molecular weight excluding hydrogens is 262 g/mol. The van der Waals surface area contributed by atoms with Crippen LogP contribution in [0.15, 0.2) is 36.4 Å². The molecule has 1 saturated heterocycles. The van der Waals surface area contributed by atoms with Crippen molar-refractivity contribution < 1.29 is 9.53 Å². The van der Waals surface area contributed by atoms with Gasteiger partial charge < -0.3 is 4.74 Å². The third-order valence-electron chi connectivity index (χ3n) is 3.85. The van der Waals surface area contributed by atoms with Crippen LogP contribution in [0, 0.1) is 0 Å². The van der Waals surface area contributed by atoms with Gasteiger partial charge in [0.15, 0.2) is 5.78 Å². The molecule has 2 rings (SSSR count). The Balaban J connectivity index is 1.68. The summed E-state index contributed by atoms with van der Waals surface area (Å²) in [4.78, 5) is 14.0. The Hall–Kier alpha value is -1.45. The van der Waals surface area contributed by atoms with Crippen molar-refractivity contribution in [1.82, 2.24) is 4.90 Å². The normalized spacial score (nSPS) is 16.4. The van der Waals surface area contributed by atoms with Gasteiger partial charge in [-0.2, -0.15) is 0 Å². The van der Waals surface area contributed by atoms with Gasteiger partial charge in [0.05, 0.1) is 13.2 Å². The second kappa shape index (κ2) is 8.75. The first kappa shape index (κ1) is 15.9. The second-order valence-electron chi connectivity index (χ2n) is 5.49. The molecule has 1 aromatic rings. The molecule has 0 unspecified atom stereocenters. The number of rotatable bonds is 7.